The van der Waals surface area contributed by atoms with E-state index in [1.165, 1.54) is 6.20 Å². The zero-order chi connectivity index (χ0) is 20.5. The molecule has 0 aliphatic carbocycles. The molecule has 0 radical (unpaired) electrons. The minimum Gasteiger partial charge on any atom is -0.489 e. The lowest BCUT2D eigenvalue weighted by atomic mass is 10.0. The number of nitrogens with one attached hydrogen (secondary N) is 1. The van der Waals surface area contributed by atoms with Crippen LogP contribution >= 0.6 is 23.2 Å². The van der Waals surface area contributed by atoms with Gasteiger partial charge in [0.15, 0.2) is 0 Å². The monoisotopic (exact) mass is 424 g/mol. The van der Waals surface area contributed by atoms with E-state index in [4.69, 9.17) is 32.7 Å². The molecule has 1 atom stereocenters. The van der Waals surface area contributed by atoms with Crippen LogP contribution in [0, 0.1) is 0 Å². The number of halogens is 2. The summed E-state index contributed by atoms with van der Waals surface area (Å²) >= 11 is 12.4. The van der Waals surface area contributed by atoms with Gasteiger partial charge in [-0.1, -0.05) is 55.3 Å². The number of rotatable bonds is 9. The van der Waals surface area contributed by atoms with Gasteiger partial charge in [0.05, 0.1) is 16.7 Å². The first-order valence-electron chi connectivity index (χ1n) is 8.77. The summed E-state index contributed by atoms with van der Waals surface area (Å²) in [5.41, 5.74) is 0.787. The van der Waals surface area contributed by atoms with E-state index in [-0.39, 0.29) is 11.6 Å². The smallest absolute Gasteiger partial charge is 0.412 e. The Hall–Kier alpha value is -2.28. The van der Waals surface area contributed by atoms with Crippen LogP contribution in [0.25, 0.3) is 0 Å². The molecule has 1 heterocycles. The Kier molecular flexibility index (Phi) is 8.57. The highest BCUT2D eigenvalue weighted by Crippen LogP contribution is 2.39. The molecular weight excluding hydrogens is 403 g/mol. The van der Waals surface area contributed by atoms with Crippen molar-refractivity contribution in [2.45, 2.75) is 25.9 Å². The third-order valence-electron chi connectivity index (χ3n) is 3.79. The first-order valence-corrected chi connectivity index (χ1v) is 9.52. The molecule has 2 rings (SSSR count). The van der Waals surface area contributed by atoms with Crippen molar-refractivity contribution < 1.29 is 19.4 Å². The molecule has 0 saturated carbocycles. The number of hydrogen-bond donors (Lipinski definition) is 2. The lowest BCUT2D eigenvalue weighted by Gasteiger charge is -2.18. The zero-order valence-corrected chi connectivity index (χ0v) is 17.0. The lowest BCUT2D eigenvalue weighted by molar-refractivity contribution is 0.160. The fourth-order valence-electron chi connectivity index (χ4n) is 2.34. The van der Waals surface area contributed by atoms with Crippen LogP contribution in [-0.4, -0.2) is 29.4 Å². The molecule has 1 aromatic heterocycles. The summed E-state index contributed by atoms with van der Waals surface area (Å²) in [4.78, 5) is 15.8. The maximum absolute atomic E-state index is 11.7. The number of pyridine rings is 1. The molecule has 0 fully saturated rings. The first-order chi connectivity index (χ1) is 13.5. The average Bonchev–Trinajstić information content (AvgIpc) is 2.69. The van der Waals surface area contributed by atoms with Crippen LogP contribution in [0.2, 0.25) is 10.0 Å². The number of aromatic nitrogens is 1. The van der Waals surface area contributed by atoms with Crippen LogP contribution in [0.5, 0.6) is 5.75 Å². The molecule has 2 N–H and O–H groups in total. The number of nitrogens with zero attached hydrogens (tertiary/aromatic N) is 1. The Morgan fingerprint density at radius 2 is 2.14 bits per heavy atom. The van der Waals surface area contributed by atoms with Gasteiger partial charge in [-0.15, -0.1) is 0 Å². The molecule has 8 heteroatoms. The summed E-state index contributed by atoms with van der Waals surface area (Å²) in [5, 5.41) is 13.8. The minimum atomic E-state index is -1.12. The van der Waals surface area contributed by atoms with Crippen LogP contribution in [0.4, 0.5) is 10.6 Å². The molecule has 1 unspecified atom stereocenters. The molecule has 0 spiro atoms. The Labute approximate surface area is 174 Å². The van der Waals surface area contributed by atoms with E-state index in [9.17, 15) is 9.90 Å². The van der Waals surface area contributed by atoms with Gasteiger partial charge in [0.25, 0.3) is 0 Å². The number of ether oxygens (including phenoxy) is 2. The molecule has 1 aromatic carbocycles. The molecule has 0 saturated heterocycles. The number of aliphatic hydroxyl groups excluding tert-OH is 1. The van der Waals surface area contributed by atoms with Crippen molar-refractivity contribution in [3.8, 4) is 5.75 Å². The van der Waals surface area contributed by atoms with Gasteiger partial charge in [0.1, 0.15) is 24.3 Å². The summed E-state index contributed by atoms with van der Waals surface area (Å²) in [6, 6.07) is 6.40. The number of hydrogen-bond acceptors (Lipinski definition) is 5. The topological polar surface area (TPSA) is 80.7 Å². The number of amides is 1. The van der Waals surface area contributed by atoms with E-state index >= 15 is 0 Å². The summed E-state index contributed by atoms with van der Waals surface area (Å²) < 4.78 is 10.6. The average molecular weight is 425 g/mol. The van der Waals surface area contributed by atoms with Crippen molar-refractivity contribution in [1.29, 1.82) is 0 Å². The van der Waals surface area contributed by atoms with Crippen LogP contribution in [0.3, 0.4) is 0 Å². The van der Waals surface area contributed by atoms with Crippen molar-refractivity contribution in [2.24, 2.45) is 0 Å². The van der Waals surface area contributed by atoms with Crippen LogP contribution in [-0.2, 0) is 4.74 Å². The Balaban J connectivity index is 2.16. The van der Waals surface area contributed by atoms with Gasteiger partial charge in [-0.3, -0.25) is 5.32 Å². The Morgan fingerprint density at radius 3 is 2.79 bits per heavy atom. The molecule has 0 bridgehead atoms. The number of carbonyl (C=O) groups is 1. The summed E-state index contributed by atoms with van der Waals surface area (Å²) in [6.07, 6.45) is 3.04. The number of aliphatic hydroxyl groups is 1. The molecule has 0 aliphatic rings. The van der Waals surface area contributed by atoms with Gasteiger partial charge < -0.3 is 14.6 Å². The molecule has 2 aromatic rings. The van der Waals surface area contributed by atoms with E-state index in [2.05, 4.69) is 16.9 Å². The van der Waals surface area contributed by atoms with Crippen LogP contribution < -0.4 is 10.1 Å². The summed E-state index contributed by atoms with van der Waals surface area (Å²) in [6.45, 7) is 6.21. The van der Waals surface area contributed by atoms with Gasteiger partial charge >= 0.3 is 6.09 Å². The fourth-order valence-corrected chi connectivity index (χ4v) is 2.76. The maximum atomic E-state index is 11.7. The van der Waals surface area contributed by atoms with E-state index in [1.54, 1.807) is 30.3 Å². The standard InChI is InChI=1S/C20H22Cl2N2O4/c1-3-5-11-28-20(26)24-16-9-6-13(12-23-16)19(25)17-15(27-10-4-2)8-7-14(21)18(17)22/h4,6-9,12,19,25H,2-3,5,10-11H2,1H3,(H,23,24,26). The first kappa shape index (κ1) is 22.0. The number of carbonyl (C=O) groups excluding carboxylic acids is 1. The predicted octanol–water partition coefficient (Wildman–Crippen LogP) is 5.38. The van der Waals surface area contributed by atoms with Crippen LogP contribution in [0.15, 0.2) is 43.1 Å². The number of anilines is 1. The van der Waals surface area contributed by atoms with E-state index < -0.39 is 12.2 Å². The second-order valence-corrected chi connectivity index (χ2v) is 6.65. The van der Waals surface area contributed by atoms with E-state index in [1.807, 2.05) is 6.92 Å². The highest BCUT2D eigenvalue weighted by Gasteiger charge is 2.22. The third kappa shape index (κ3) is 5.86. The highest BCUT2D eigenvalue weighted by atomic mass is 35.5. The second-order valence-electron chi connectivity index (χ2n) is 5.87. The van der Waals surface area contributed by atoms with Gasteiger partial charge in [0, 0.05) is 17.3 Å². The Bertz CT molecular complexity index is 813. The quantitative estimate of drug-likeness (QED) is 0.416. The van der Waals surface area contributed by atoms with Gasteiger partial charge in [-0.2, -0.15) is 0 Å². The van der Waals surface area contributed by atoms with Gasteiger partial charge in [0.2, 0.25) is 0 Å². The second kappa shape index (κ2) is 10.9. The van der Waals surface area contributed by atoms with Crippen molar-refractivity contribution in [1.82, 2.24) is 4.98 Å². The fraction of sp³-hybridized carbons (Fsp3) is 0.300. The molecule has 0 aliphatic heterocycles. The highest BCUT2D eigenvalue weighted by molar-refractivity contribution is 6.42. The normalized spacial score (nSPS) is 11.6. The van der Waals surface area contributed by atoms with Crippen molar-refractivity contribution >= 4 is 35.1 Å². The number of benzene rings is 1. The molecule has 28 heavy (non-hydrogen) atoms. The largest absolute Gasteiger partial charge is 0.489 e. The Morgan fingerprint density at radius 1 is 1.36 bits per heavy atom. The maximum Gasteiger partial charge on any atom is 0.412 e. The summed E-state index contributed by atoms with van der Waals surface area (Å²) in [7, 11) is 0. The lowest BCUT2D eigenvalue weighted by Crippen LogP contribution is -2.15. The van der Waals surface area contributed by atoms with Crippen molar-refractivity contribution in [2.75, 3.05) is 18.5 Å². The van der Waals surface area contributed by atoms with E-state index in [0.717, 1.165) is 12.8 Å². The molecule has 1 amide bonds. The van der Waals surface area contributed by atoms with Crippen molar-refractivity contribution in [3.05, 3.63) is 64.3 Å². The predicted molar refractivity (Wildman–Crippen MR) is 110 cm³/mol. The molecular formula is C20H22Cl2N2O4. The van der Waals surface area contributed by atoms with Gasteiger partial charge in [-0.25, -0.2) is 9.78 Å². The minimum absolute atomic E-state index is 0.192. The SMILES string of the molecule is C=CCOc1ccc(Cl)c(Cl)c1C(O)c1ccc(NC(=O)OCCCC)nc1. The zero-order valence-electron chi connectivity index (χ0n) is 15.5. The molecule has 150 valence electrons. The summed E-state index contributed by atoms with van der Waals surface area (Å²) in [5.74, 6) is 0.696. The third-order valence-corrected chi connectivity index (χ3v) is 4.60. The van der Waals surface area contributed by atoms with Gasteiger partial charge in [-0.05, 0) is 24.6 Å². The molecule has 6 nitrogen and oxygen atoms in total. The van der Waals surface area contributed by atoms with Crippen LogP contribution in [0.1, 0.15) is 37.0 Å². The van der Waals surface area contributed by atoms with E-state index in [0.29, 0.717) is 34.3 Å². The van der Waals surface area contributed by atoms with Crippen molar-refractivity contribution in [3.63, 3.8) is 0 Å². The number of unbranched alkanes of at least 4 members (excludes halogenated alkanes) is 1.